The highest BCUT2D eigenvalue weighted by Gasteiger charge is 2.26. The van der Waals surface area contributed by atoms with Gasteiger partial charge in [0.15, 0.2) is 0 Å². The molecule has 0 unspecified atom stereocenters. The lowest BCUT2D eigenvalue weighted by molar-refractivity contribution is -0.135. The molecule has 0 amide bonds. The normalized spacial score (nSPS) is 12.7. The van der Waals surface area contributed by atoms with Crippen molar-refractivity contribution in [2.24, 2.45) is 0 Å². The molecule has 0 radical (unpaired) electrons. The molecule has 1 N–H and O–H groups in total. The Morgan fingerprint density at radius 3 is 2.33 bits per heavy atom. The Kier molecular flexibility index (Phi) is 4.69. The zero-order valence-electron chi connectivity index (χ0n) is 9.17. The van der Waals surface area contributed by atoms with Gasteiger partial charge in [0.05, 0.1) is 0 Å². The van der Waals surface area contributed by atoms with Crippen LogP contribution in [0.25, 0.3) is 0 Å². The zero-order valence-corrected chi connectivity index (χ0v) is 9.98. The molecular weight excluding hydrogens is 274 g/mol. The molecule has 102 valence electrons. The van der Waals surface area contributed by atoms with Crippen LogP contribution in [0.4, 0.5) is 17.6 Å². The summed E-state index contributed by atoms with van der Waals surface area (Å²) >= 11 is 0. The Balaban J connectivity index is 2.59. The molecule has 0 aromatic heterocycles. The Labute approximate surface area is 102 Å². The van der Waals surface area contributed by atoms with Gasteiger partial charge in [0.2, 0.25) is 10.0 Å². The predicted molar refractivity (Wildman–Crippen MR) is 56.9 cm³/mol. The van der Waals surface area contributed by atoms with Crippen LogP contribution in [-0.2, 0) is 10.0 Å². The number of alkyl halides is 3. The molecule has 0 spiro atoms. The van der Waals surface area contributed by atoms with Crippen LogP contribution in [0.1, 0.15) is 12.8 Å². The van der Waals surface area contributed by atoms with Crippen molar-refractivity contribution in [1.82, 2.24) is 4.72 Å². The summed E-state index contributed by atoms with van der Waals surface area (Å²) in [5.41, 5.74) is 0. The van der Waals surface area contributed by atoms with Crippen LogP contribution in [0, 0.1) is 5.82 Å². The van der Waals surface area contributed by atoms with Crippen LogP contribution >= 0.6 is 0 Å². The summed E-state index contributed by atoms with van der Waals surface area (Å²) in [6, 6.07) is 4.65. The molecule has 1 aromatic carbocycles. The summed E-state index contributed by atoms with van der Waals surface area (Å²) < 4.78 is 73.7. The van der Waals surface area contributed by atoms with Crippen molar-refractivity contribution in [2.45, 2.75) is 23.9 Å². The van der Waals surface area contributed by atoms with Gasteiger partial charge in [-0.15, -0.1) is 0 Å². The third kappa shape index (κ3) is 4.61. The molecule has 0 fully saturated rings. The predicted octanol–water partition coefficient (Wildman–Crippen LogP) is 2.45. The van der Waals surface area contributed by atoms with E-state index in [0.29, 0.717) is 0 Å². The van der Waals surface area contributed by atoms with E-state index in [0.717, 1.165) is 12.1 Å². The average molecular weight is 285 g/mol. The quantitative estimate of drug-likeness (QED) is 0.667. The highest BCUT2D eigenvalue weighted by Crippen LogP contribution is 2.21. The molecule has 1 aromatic rings. The van der Waals surface area contributed by atoms with E-state index in [1.807, 2.05) is 4.72 Å². The van der Waals surface area contributed by atoms with E-state index in [9.17, 15) is 26.0 Å². The minimum atomic E-state index is -4.33. The van der Waals surface area contributed by atoms with Crippen molar-refractivity contribution in [2.75, 3.05) is 6.54 Å². The fourth-order valence-corrected chi connectivity index (χ4v) is 2.39. The fraction of sp³-hybridized carbons (Fsp3) is 0.400. The number of benzene rings is 1. The van der Waals surface area contributed by atoms with Crippen LogP contribution in [-0.4, -0.2) is 21.1 Å². The minimum Gasteiger partial charge on any atom is -0.211 e. The summed E-state index contributed by atoms with van der Waals surface area (Å²) in [6.07, 6.45) is -5.81. The monoisotopic (exact) mass is 285 g/mol. The highest BCUT2D eigenvalue weighted by atomic mass is 32.2. The lowest BCUT2D eigenvalue weighted by atomic mass is 10.3. The maximum Gasteiger partial charge on any atom is 0.389 e. The van der Waals surface area contributed by atoms with Crippen LogP contribution in [0.5, 0.6) is 0 Å². The third-order valence-corrected chi connectivity index (χ3v) is 3.55. The number of hydrogen-bond donors (Lipinski definition) is 1. The van der Waals surface area contributed by atoms with Gasteiger partial charge in [0, 0.05) is 13.0 Å². The third-order valence-electron chi connectivity index (χ3n) is 2.06. The summed E-state index contributed by atoms with van der Waals surface area (Å²) in [5, 5.41) is 0. The van der Waals surface area contributed by atoms with E-state index in [1.54, 1.807) is 0 Å². The zero-order chi connectivity index (χ0) is 13.8. The van der Waals surface area contributed by atoms with Crippen molar-refractivity contribution in [3.8, 4) is 0 Å². The van der Waals surface area contributed by atoms with Crippen LogP contribution in [0.3, 0.4) is 0 Å². The Bertz CT molecular complexity index is 499. The maximum atomic E-state index is 13.2. The molecule has 0 aliphatic heterocycles. The number of halogens is 4. The van der Waals surface area contributed by atoms with Crippen molar-refractivity contribution in [3.05, 3.63) is 30.1 Å². The van der Waals surface area contributed by atoms with Gasteiger partial charge in [-0.25, -0.2) is 17.5 Å². The fourth-order valence-electron chi connectivity index (χ4n) is 1.24. The Morgan fingerprint density at radius 2 is 1.78 bits per heavy atom. The van der Waals surface area contributed by atoms with Gasteiger partial charge < -0.3 is 0 Å². The van der Waals surface area contributed by atoms with E-state index in [1.165, 1.54) is 12.1 Å². The second kappa shape index (κ2) is 5.66. The van der Waals surface area contributed by atoms with Crippen LogP contribution in [0.2, 0.25) is 0 Å². The molecule has 8 heteroatoms. The summed E-state index contributed by atoms with van der Waals surface area (Å²) in [7, 11) is -4.10. The molecule has 0 aliphatic rings. The Morgan fingerprint density at radius 1 is 1.17 bits per heavy atom. The van der Waals surface area contributed by atoms with E-state index in [4.69, 9.17) is 0 Å². The molecule has 3 nitrogen and oxygen atoms in total. The van der Waals surface area contributed by atoms with Crippen molar-refractivity contribution in [1.29, 1.82) is 0 Å². The molecular formula is C10H11F4NO2S. The van der Waals surface area contributed by atoms with Crippen LogP contribution < -0.4 is 4.72 Å². The molecule has 18 heavy (non-hydrogen) atoms. The van der Waals surface area contributed by atoms with Gasteiger partial charge in [0.1, 0.15) is 10.7 Å². The number of nitrogens with one attached hydrogen (secondary N) is 1. The summed E-state index contributed by atoms with van der Waals surface area (Å²) in [6.45, 7) is -0.393. The first-order chi connectivity index (χ1) is 8.22. The summed E-state index contributed by atoms with van der Waals surface area (Å²) in [4.78, 5) is -0.572. The molecule has 0 saturated carbocycles. The first-order valence-electron chi connectivity index (χ1n) is 5.03. The standard InChI is InChI=1S/C10H11F4NO2S/c11-8-4-1-2-5-9(8)18(16,17)15-7-3-6-10(12,13)14/h1-2,4-5,15H,3,6-7H2. The second-order valence-electron chi connectivity index (χ2n) is 3.55. The average Bonchev–Trinajstić information content (AvgIpc) is 2.24. The minimum absolute atomic E-state index is 0.392. The second-order valence-corrected chi connectivity index (χ2v) is 5.28. The van der Waals surface area contributed by atoms with Gasteiger partial charge >= 0.3 is 6.18 Å². The molecule has 0 aliphatic carbocycles. The number of hydrogen-bond acceptors (Lipinski definition) is 2. The van der Waals surface area contributed by atoms with Gasteiger partial charge in [-0.05, 0) is 18.6 Å². The van der Waals surface area contributed by atoms with Crippen molar-refractivity contribution >= 4 is 10.0 Å². The largest absolute Gasteiger partial charge is 0.389 e. The lowest BCUT2D eigenvalue weighted by Crippen LogP contribution is -2.26. The molecule has 0 atom stereocenters. The Hall–Kier alpha value is -1.15. The van der Waals surface area contributed by atoms with Gasteiger partial charge in [-0.3, -0.25) is 0 Å². The van der Waals surface area contributed by atoms with Gasteiger partial charge in [-0.2, -0.15) is 13.2 Å². The highest BCUT2D eigenvalue weighted by molar-refractivity contribution is 7.89. The lowest BCUT2D eigenvalue weighted by Gasteiger charge is -2.08. The topological polar surface area (TPSA) is 46.2 Å². The summed E-state index contributed by atoms with van der Waals surface area (Å²) in [5.74, 6) is -0.944. The van der Waals surface area contributed by atoms with E-state index >= 15 is 0 Å². The number of rotatable bonds is 5. The maximum absolute atomic E-state index is 13.2. The van der Waals surface area contributed by atoms with Gasteiger partial charge in [0.25, 0.3) is 0 Å². The molecule has 0 bridgehead atoms. The van der Waals surface area contributed by atoms with E-state index in [-0.39, 0.29) is 0 Å². The van der Waals surface area contributed by atoms with E-state index in [2.05, 4.69) is 0 Å². The molecule has 0 saturated heterocycles. The van der Waals surface area contributed by atoms with Gasteiger partial charge in [-0.1, -0.05) is 12.1 Å². The molecule has 1 rings (SSSR count). The number of sulfonamides is 1. The van der Waals surface area contributed by atoms with E-state index < -0.39 is 46.3 Å². The molecule has 0 heterocycles. The van der Waals surface area contributed by atoms with Crippen molar-refractivity contribution < 1.29 is 26.0 Å². The van der Waals surface area contributed by atoms with Crippen molar-refractivity contribution in [3.63, 3.8) is 0 Å². The van der Waals surface area contributed by atoms with Crippen LogP contribution in [0.15, 0.2) is 29.2 Å². The smallest absolute Gasteiger partial charge is 0.211 e. The first-order valence-corrected chi connectivity index (χ1v) is 6.52. The first kappa shape index (κ1) is 14.9. The SMILES string of the molecule is O=S(=O)(NCCCC(F)(F)F)c1ccccc1F.